The van der Waals surface area contributed by atoms with Crippen LogP contribution in [0.25, 0.3) is 0 Å². The lowest BCUT2D eigenvalue weighted by atomic mass is 10.1. The van der Waals surface area contributed by atoms with Crippen LogP contribution in [-0.4, -0.2) is 64.1 Å². The Morgan fingerprint density at radius 2 is 1.85 bits per heavy atom. The molecule has 10 nitrogen and oxygen atoms in total. The summed E-state index contributed by atoms with van der Waals surface area (Å²) in [5, 5.41) is 5.80. The number of hydrogen-bond donors (Lipinski definition) is 4. The molecule has 0 saturated carbocycles. The molecular weight excluding hydrogens is 432 g/mol. The summed E-state index contributed by atoms with van der Waals surface area (Å²) in [6.07, 6.45) is 8.07. The third kappa shape index (κ3) is 9.20. The highest BCUT2D eigenvalue weighted by molar-refractivity contribution is 5.94. The zero-order chi connectivity index (χ0) is 24.8. The van der Waals surface area contributed by atoms with E-state index in [9.17, 15) is 9.59 Å². The fraction of sp³-hybridized carbons (Fsp3) is 0.583. The molecule has 2 aromatic rings. The average Bonchev–Trinajstić information content (AvgIpc) is 2.85. The summed E-state index contributed by atoms with van der Waals surface area (Å²) in [6.45, 7) is 8.84. The fourth-order valence-electron chi connectivity index (χ4n) is 3.64. The van der Waals surface area contributed by atoms with Crippen LogP contribution >= 0.6 is 0 Å². The van der Waals surface area contributed by atoms with Crippen molar-refractivity contribution in [1.82, 2.24) is 24.8 Å². The largest absolute Gasteiger partial charge is 0.352 e. The minimum Gasteiger partial charge on any atom is -0.352 e. The number of carbonyl (C=O) groups is 1. The van der Waals surface area contributed by atoms with E-state index >= 15 is 0 Å². The molecule has 0 spiro atoms. The Bertz CT molecular complexity index is 925. The van der Waals surface area contributed by atoms with E-state index in [1.807, 2.05) is 13.8 Å². The van der Waals surface area contributed by atoms with E-state index in [0.29, 0.717) is 42.9 Å². The van der Waals surface area contributed by atoms with Crippen LogP contribution in [0.3, 0.4) is 0 Å². The molecule has 0 aliphatic carbocycles. The lowest BCUT2D eigenvalue weighted by Crippen LogP contribution is -2.40. The number of amides is 1. The number of unbranched alkanes of at least 4 members (excludes halogenated alkanes) is 1. The summed E-state index contributed by atoms with van der Waals surface area (Å²) < 4.78 is 1.62. The molecule has 1 saturated heterocycles. The van der Waals surface area contributed by atoms with Crippen molar-refractivity contribution in [2.45, 2.75) is 58.5 Å². The summed E-state index contributed by atoms with van der Waals surface area (Å²) >= 11 is 0. The number of pyridine rings is 1. The number of nitrogens with two attached hydrogens (primary N) is 2. The SMILES string of the molecule is CC.NCCCNC(=O)c1ccnc(Nc2ccn(CCCCN3CCC(N)CC3)c(=O)n2)c1. The van der Waals surface area contributed by atoms with Gasteiger partial charge in [0.1, 0.15) is 11.6 Å². The van der Waals surface area contributed by atoms with Crippen LogP contribution in [0.15, 0.2) is 35.4 Å². The zero-order valence-electron chi connectivity index (χ0n) is 20.5. The number of anilines is 2. The first-order valence-electron chi connectivity index (χ1n) is 12.3. The van der Waals surface area contributed by atoms with Crippen molar-refractivity contribution in [2.75, 3.05) is 38.0 Å². The molecule has 0 radical (unpaired) electrons. The molecule has 0 atom stereocenters. The molecule has 1 aliphatic heterocycles. The number of likely N-dealkylation sites (tertiary alicyclic amines) is 1. The van der Waals surface area contributed by atoms with Crippen LogP contribution in [0, 0.1) is 0 Å². The first-order chi connectivity index (χ1) is 16.5. The molecule has 1 amide bonds. The van der Waals surface area contributed by atoms with Gasteiger partial charge in [-0.15, -0.1) is 0 Å². The van der Waals surface area contributed by atoms with Gasteiger partial charge in [0, 0.05) is 37.1 Å². The second-order valence-corrected chi connectivity index (χ2v) is 8.13. The fourth-order valence-corrected chi connectivity index (χ4v) is 3.64. The molecule has 188 valence electrons. The molecule has 0 unspecified atom stereocenters. The van der Waals surface area contributed by atoms with Crippen LogP contribution in [0.4, 0.5) is 11.6 Å². The van der Waals surface area contributed by atoms with E-state index in [1.54, 1.807) is 29.0 Å². The Kier molecular flexibility index (Phi) is 12.2. The Morgan fingerprint density at radius 3 is 2.56 bits per heavy atom. The van der Waals surface area contributed by atoms with Crippen LogP contribution in [-0.2, 0) is 6.54 Å². The lowest BCUT2D eigenvalue weighted by molar-refractivity contribution is 0.0953. The lowest BCUT2D eigenvalue weighted by Gasteiger charge is -2.29. The second kappa shape index (κ2) is 15.2. The van der Waals surface area contributed by atoms with Gasteiger partial charge in [0.25, 0.3) is 5.91 Å². The predicted molar refractivity (Wildman–Crippen MR) is 136 cm³/mol. The molecule has 1 fully saturated rings. The summed E-state index contributed by atoms with van der Waals surface area (Å²) in [7, 11) is 0. The maximum atomic E-state index is 12.4. The third-order valence-electron chi connectivity index (χ3n) is 5.57. The van der Waals surface area contributed by atoms with Crippen molar-refractivity contribution in [3.63, 3.8) is 0 Å². The highest BCUT2D eigenvalue weighted by Crippen LogP contribution is 2.13. The van der Waals surface area contributed by atoms with Crippen molar-refractivity contribution in [3.8, 4) is 0 Å². The highest BCUT2D eigenvalue weighted by Gasteiger charge is 2.15. The van der Waals surface area contributed by atoms with E-state index in [-0.39, 0.29) is 11.6 Å². The van der Waals surface area contributed by atoms with Gasteiger partial charge in [0.05, 0.1) is 0 Å². The first-order valence-corrected chi connectivity index (χ1v) is 12.3. The van der Waals surface area contributed by atoms with Gasteiger partial charge in [0.2, 0.25) is 0 Å². The first kappa shape index (κ1) is 27.4. The van der Waals surface area contributed by atoms with Crippen LogP contribution in [0.1, 0.15) is 56.3 Å². The van der Waals surface area contributed by atoms with E-state index < -0.39 is 0 Å². The minimum atomic E-state index is -0.311. The highest BCUT2D eigenvalue weighted by atomic mass is 16.2. The van der Waals surface area contributed by atoms with E-state index in [4.69, 9.17) is 11.5 Å². The van der Waals surface area contributed by atoms with E-state index in [1.165, 1.54) is 6.20 Å². The van der Waals surface area contributed by atoms with Gasteiger partial charge < -0.3 is 27.0 Å². The number of aryl methyl sites for hydroxylation is 1. The molecule has 0 aromatic carbocycles. The maximum absolute atomic E-state index is 12.4. The molecule has 3 rings (SSSR count). The van der Waals surface area contributed by atoms with Crippen LogP contribution in [0.2, 0.25) is 0 Å². The van der Waals surface area contributed by atoms with Crippen molar-refractivity contribution in [1.29, 1.82) is 0 Å². The standard InChI is InChI=1S/C22H34N8O2.C2H6/c23-8-3-9-26-21(31)17-4-10-25-20(16-17)27-19-7-15-30(22(32)28-19)12-2-1-11-29-13-5-18(24)6-14-29;1-2/h4,7,10,15-16,18H,1-3,5-6,8-9,11-14,23-24H2,(H,26,31)(H,25,27,28,32);1-2H3. The number of hydrogen-bond acceptors (Lipinski definition) is 8. The average molecular weight is 473 g/mol. The molecule has 1 aliphatic rings. The Labute approximate surface area is 202 Å². The predicted octanol–water partition coefficient (Wildman–Crippen LogP) is 1.69. The topological polar surface area (TPSA) is 144 Å². The van der Waals surface area contributed by atoms with Crippen molar-refractivity contribution in [3.05, 3.63) is 46.6 Å². The van der Waals surface area contributed by atoms with Gasteiger partial charge in [-0.3, -0.25) is 9.36 Å². The molecule has 34 heavy (non-hydrogen) atoms. The zero-order valence-corrected chi connectivity index (χ0v) is 20.5. The molecule has 10 heteroatoms. The molecular formula is C24H40N8O2. The van der Waals surface area contributed by atoms with Crippen molar-refractivity contribution < 1.29 is 4.79 Å². The number of rotatable bonds is 11. The van der Waals surface area contributed by atoms with Gasteiger partial charge in [-0.2, -0.15) is 4.98 Å². The third-order valence-corrected chi connectivity index (χ3v) is 5.57. The molecule has 0 bridgehead atoms. The van der Waals surface area contributed by atoms with E-state index in [0.717, 1.165) is 51.7 Å². The van der Waals surface area contributed by atoms with Crippen molar-refractivity contribution in [2.24, 2.45) is 11.5 Å². The quantitative estimate of drug-likeness (QED) is 0.362. The maximum Gasteiger partial charge on any atom is 0.349 e. The van der Waals surface area contributed by atoms with Crippen LogP contribution in [0.5, 0.6) is 0 Å². The number of aromatic nitrogens is 3. The minimum absolute atomic E-state index is 0.195. The van der Waals surface area contributed by atoms with Gasteiger partial charge in [-0.25, -0.2) is 9.78 Å². The van der Waals surface area contributed by atoms with Crippen molar-refractivity contribution >= 4 is 17.5 Å². The van der Waals surface area contributed by atoms with Gasteiger partial charge in [0.15, 0.2) is 0 Å². The van der Waals surface area contributed by atoms with Gasteiger partial charge >= 0.3 is 5.69 Å². The summed E-state index contributed by atoms with van der Waals surface area (Å²) in [4.78, 5) is 35.3. The monoisotopic (exact) mass is 472 g/mol. The number of nitrogens with one attached hydrogen (secondary N) is 2. The number of carbonyl (C=O) groups excluding carboxylic acids is 1. The molecule has 2 aromatic heterocycles. The Hall–Kier alpha value is -2.82. The normalized spacial score (nSPS) is 14.2. The second-order valence-electron chi connectivity index (χ2n) is 8.13. The van der Waals surface area contributed by atoms with Crippen LogP contribution < -0.4 is 27.8 Å². The summed E-state index contributed by atoms with van der Waals surface area (Å²) in [5.41, 5.74) is 11.6. The number of nitrogens with zero attached hydrogens (tertiary/aromatic N) is 4. The van der Waals surface area contributed by atoms with E-state index in [2.05, 4.69) is 25.5 Å². The number of piperidine rings is 1. The molecule has 6 N–H and O–H groups in total. The Balaban J connectivity index is 0.00000199. The molecule has 3 heterocycles. The Morgan fingerprint density at radius 1 is 1.12 bits per heavy atom. The summed E-state index contributed by atoms with van der Waals surface area (Å²) in [6, 6.07) is 5.34. The van der Waals surface area contributed by atoms with Gasteiger partial charge in [-0.05, 0) is 76.5 Å². The van der Waals surface area contributed by atoms with Gasteiger partial charge in [-0.1, -0.05) is 13.8 Å². The smallest absolute Gasteiger partial charge is 0.349 e. The summed E-state index contributed by atoms with van der Waals surface area (Å²) in [5.74, 6) is 0.645.